The number of aliphatic hydroxyl groups excluding tert-OH is 1. The number of halogens is 2. The van der Waals surface area contributed by atoms with Crippen LogP contribution in [0.4, 0.5) is 4.39 Å². The molecule has 0 saturated carbocycles. The third-order valence-corrected chi connectivity index (χ3v) is 3.38. The van der Waals surface area contributed by atoms with Crippen molar-refractivity contribution >= 4 is 15.9 Å². The van der Waals surface area contributed by atoms with Crippen LogP contribution in [0.3, 0.4) is 0 Å². The molecule has 0 bridgehead atoms. The molecule has 0 radical (unpaired) electrons. The average Bonchev–Trinajstić information content (AvgIpc) is 2.77. The van der Waals surface area contributed by atoms with Gasteiger partial charge in [-0.25, -0.2) is 4.39 Å². The molecule has 1 N–H and O–H groups in total. The third-order valence-electron chi connectivity index (χ3n) is 2.73. The Morgan fingerprint density at radius 2 is 2.11 bits per heavy atom. The lowest BCUT2D eigenvalue weighted by Crippen LogP contribution is -2.11. The van der Waals surface area contributed by atoms with Crippen molar-refractivity contribution in [1.29, 1.82) is 0 Å². The fourth-order valence-electron chi connectivity index (χ4n) is 1.41. The normalized spacial score (nSPS) is 14.5. The lowest BCUT2D eigenvalue weighted by molar-refractivity contribution is 0.151. The summed E-state index contributed by atoms with van der Waals surface area (Å²) in [6, 6.07) is 4.23. The van der Waals surface area contributed by atoms with E-state index in [0.29, 0.717) is 21.8 Å². The van der Waals surface area contributed by atoms with Crippen LogP contribution in [-0.4, -0.2) is 21.4 Å². The molecule has 18 heavy (non-hydrogen) atoms. The van der Waals surface area contributed by atoms with Gasteiger partial charge in [-0.3, -0.25) is 0 Å². The van der Waals surface area contributed by atoms with Crippen molar-refractivity contribution in [3.8, 4) is 11.4 Å². The minimum atomic E-state index is -0.574. The summed E-state index contributed by atoms with van der Waals surface area (Å²) in [5, 5.41) is 13.3. The highest BCUT2D eigenvalue weighted by atomic mass is 79.9. The fraction of sp³-hybridized carbons (Fsp3) is 0.333. The fourth-order valence-corrected chi connectivity index (χ4v) is 1.93. The van der Waals surface area contributed by atoms with Gasteiger partial charge in [0.05, 0.1) is 12.0 Å². The molecular weight excluding hydrogens is 303 g/mol. The Bertz CT molecular complexity index is 557. The zero-order valence-electron chi connectivity index (χ0n) is 9.89. The molecule has 0 amide bonds. The number of aromatic nitrogens is 2. The molecule has 96 valence electrons. The second-order valence-electron chi connectivity index (χ2n) is 4.11. The van der Waals surface area contributed by atoms with E-state index in [4.69, 9.17) is 4.52 Å². The lowest BCUT2D eigenvalue weighted by atomic mass is 10.1. The van der Waals surface area contributed by atoms with Gasteiger partial charge in [0.25, 0.3) is 0 Å². The Balaban J connectivity index is 2.35. The van der Waals surface area contributed by atoms with Crippen LogP contribution >= 0.6 is 15.9 Å². The maximum atomic E-state index is 13.0. The minimum absolute atomic E-state index is 0.245. The minimum Gasteiger partial charge on any atom is -0.393 e. The summed E-state index contributed by atoms with van der Waals surface area (Å²) in [4.78, 5) is 4.20. The summed E-state index contributed by atoms with van der Waals surface area (Å²) in [7, 11) is 0. The van der Waals surface area contributed by atoms with Gasteiger partial charge in [0, 0.05) is 10.0 Å². The van der Waals surface area contributed by atoms with Crippen molar-refractivity contribution < 1.29 is 14.0 Å². The van der Waals surface area contributed by atoms with Crippen molar-refractivity contribution in [3.05, 3.63) is 34.4 Å². The van der Waals surface area contributed by atoms with E-state index in [9.17, 15) is 9.50 Å². The second kappa shape index (κ2) is 5.16. The van der Waals surface area contributed by atoms with Crippen molar-refractivity contribution in [2.45, 2.75) is 25.9 Å². The van der Waals surface area contributed by atoms with Crippen LogP contribution in [0.2, 0.25) is 0 Å². The maximum Gasteiger partial charge on any atom is 0.232 e. The quantitative estimate of drug-likeness (QED) is 0.945. The van der Waals surface area contributed by atoms with Gasteiger partial charge in [0.1, 0.15) is 5.82 Å². The topological polar surface area (TPSA) is 59.2 Å². The van der Waals surface area contributed by atoms with E-state index in [2.05, 4.69) is 26.1 Å². The van der Waals surface area contributed by atoms with Gasteiger partial charge in [0.2, 0.25) is 11.7 Å². The van der Waals surface area contributed by atoms with E-state index in [1.54, 1.807) is 19.9 Å². The highest BCUT2D eigenvalue weighted by molar-refractivity contribution is 9.10. The van der Waals surface area contributed by atoms with E-state index >= 15 is 0 Å². The SMILES string of the molecule is CC(O)C(C)c1nc(-c2ccc(F)cc2Br)no1. The van der Waals surface area contributed by atoms with Gasteiger partial charge in [-0.1, -0.05) is 12.1 Å². The van der Waals surface area contributed by atoms with Crippen LogP contribution in [0, 0.1) is 5.82 Å². The summed E-state index contributed by atoms with van der Waals surface area (Å²) in [5.41, 5.74) is 0.643. The van der Waals surface area contributed by atoms with Crippen LogP contribution in [0.15, 0.2) is 27.2 Å². The largest absolute Gasteiger partial charge is 0.393 e. The molecule has 4 nitrogen and oxygen atoms in total. The molecule has 2 aromatic rings. The first-order valence-electron chi connectivity index (χ1n) is 5.46. The predicted octanol–water partition coefficient (Wildman–Crippen LogP) is 3.12. The van der Waals surface area contributed by atoms with Gasteiger partial charge < -0.3 is 9.63 Å². The molecule has 1 aromatic carbocycles. The zero-order valence-corrected chi connectivity index (χ0v) is 11.5. The smallest absolute Gasteiger partial charge is 0.232 e. The molecule has 0 saturated heterocycles. The second-order valence-corrected chi connectivity index (χ2v) is 4.96. The van der Waals surface area contributed by atoms with Crippen LogP contribution in [0.25, 0.3) is 11.4 Å². The highest BCUT2D eigenvalue weighted by Gasteiger charge is 2.20. The third kappa shape index (κ3) is 2.59. The number of aliphatic hydroxyl groups is 1. The first kappa shape index (κ1) is 13.2. The lowest BCUT2D eigenvalue weighted by Gasteiger charge is -2.08. The predicted molar refractivity (Wildman–Crippen MR) is 67.5 cm³/mol. The Labute approximate surface area is 112 Å². The van der Waals surface area contributed by atoms with Crippen LogP contribution < -0.4 is 0 Å². The maximum absolute atomic E-state index is 13.0. The van der Waals surface area contributed by atoms with Crippen molar-refractivity contribution in [1.82, 2.24) is 10.1 Å². The van der Waals surface area contributed by atoms with E-state index in [0.717, 1.165) is 0 Å². The van der Waals surface area contributed by atoms with Crippen LogP contribution in [0.5, 0.6) is 0 Å². The molecule has 2 unspecified atom stereocenters. The Morgan fingerprint density at radius 3 is 2.72 bits per heavy atom. The highest BCUT2D eigenvalue weighted by Crippen LogP contribution is 2.28. The number of hydrogen-bond acceptors (Lipinski definition) is 4. The average molecular weight is 315 g/mol. The van der Waals surface area contributed by atoms with E-state index in [1.807, 2.05) is 0 Å². The van der Waals surface area contributed by atoms with Gasteiger partial charge >= 0.3 is 0 Å². The molecule has 1 heterocycles. The molecule has 0 aliphatic carbocycles. The monoisotopic (exact) mass is 314 g/mol. The molecule has 6 heteroatoms. The van der Waals surface area contributed by atoms with Gasteiger partial charge in [-0.2, -0.15) is 4.98 Å². The Hall–Kier alpha value is -1.27. The standard InChI is InChI=1S/C12H12BrFN2O2/c1-6(7(2)17)12-15-11(16-18-12)9-4-3-8(14)5-10(9)13/h3-7,17H,1-2H3. The van der Waals surface area contributed by atoms with Crippen LogP contribution in [-0.2, 0) is 0 Å². The molecule has 0 aliphatic heterocycles. The summed E-state index contributed by atoms with van der Waals surface area (Å²) >= 11 is 3.25. The first-order chi connectivity index (χ1) is 8.49. The molecule has 2 rings (SSSR count). The number of benzene rings is 1. The van der Waals surface area contributed by atoms with Crippen LogP contribution in [0.1, 0.15) is 25.7 Å². The molecule has 1 aromatic heterocycles. The Morgan fingerprint density at radius 1 is 1.39 bits per heavy atom. The van der Waals surface area contributed by atoms with E-state index < -0.39 is 6.10 Å². The van der Waals surface area contributed by atoms with Crippen molar-refractivity contribution in [2.24, 2.45) is 0 Å². The summed E-state index contributed by atoms with van der Waals surface area (Å²) in [6.07, 6.45) is -0.574. The Kier molecular flexibility index (Phi) is 3.77. The molecule has 0 aliphatic rings. The summed E-state index contributed by atoms with van der Waals surface area (Å²) < 4.78 is 18.6. The van der Waals surface area contributed by atoms with Gasteiger partial charge in [0.15, 0.2) is 0 Å². The molecule has 0 spiro atoms. The zero-order chi connectivity index (χ0) is 13.3. The van der Waals surface area contributed by atoms with E-state index in [-0.39, 0.29) is 11.7 Å². The summed E-state index contributed by atoms with van der Waals surface area (Å²) in [5.74, 6) is 0.137. The first-order valence-corrected chi connectivity index (χ1v) is 6.25. The molecule has 0 fully saturated rings. The van der Waals surface area contributed by atoms with E-state index in [1.165, 1.54) is 12.1 Å². The van der Waals surface area contributed by atoms with Gasteiger partial charge in [-0.05, 0) is 41.1 Å². The van der Waals surface area contributed by atoms with Crippen molar-refractivity contribution in [3.63, 3.8) is 0 Å². The number of hydrogen-bond donors (Lipinski definition) is 1. The molecule has 2 atom stereocenters. The van der Waals surface area contributed by atoms with Gasteiger partial charge in [-0.15, -0.1) is 0 Å². The molecular formula is C12H12BrFN2O2. The van der Waals surface area contributed by atoms with Crippen molar-refractivity contribution in [2.75, 3.05) is 0 Å². The summed E-state index contributed by atoms with van der Waals surface area (Å²) in [6.45, 7) is 3.45. The number of rotatable bonds is 3. The number of nitrogens with zero attached hydrogens (tertiary/aromatic N) is 2.